The van der Waals surface area contributed by atoms with Crippen molar-refractivity contribution in [3.8, 4) is 0 Å². The second-order valence-corrected chi connectivity index (χ2v) is 5.79. The summed E-state index contributed by atoms with van der Waals surface area (Å²) in [6, 6.07) is 3.06. The molecule has 2 nitrogen and oxygen atoms in total. The van der Waals surface area contributed by atoms with E-state index in [1.807, 2.05) is 0 Å². The maximum absolute atomic E-state index is 12.5. The first kappa shape index (κ1) is 13.8. The molecule has 0 spiro atoms. The molecular formula is C12H17F3N2S. The highest BCUT2D eigenvalue weighted by Crippen LogP contribution is 2.35. The van der Waals surface area contributed by atoms with Crippen LogP contribution in [0.4, 0.5) is 13.2 Å². The largest absolute Gasteiger partial charge is 0.425 e. The van der Waals surface area contributed by atoms with Crippen LogP contribution in [0, 0.1) is 0 Å². The second-order valence-electron chi connectivity index (χ2n) is 4.62. The smallest absolute Gasteiger partial charge is 0.329 e. The normalized spacial score (nSPS) is 22.3. The van der Waals surface area contributed by atoms with Gasteiger partial charge in [-0.3, -0.25) is 4.90 Å². The van der Waals surface area contributed by atoms with Crippen molar-refractivity contribution < 1.29 is 13.2 Å². The van der Waals surface area contributed by atoms with Crippen molar-refractivity contribution in [1.29, 1.82) is 0 Å². The molecule has 0 radical (unpaired) electrons. The number of nitrogens with zero attached hydrogens (tertiary/aromatic N) is 1. The van der Waals surface area contributed by atoms with E-state index in [2.05, 4.69) is 4.90 Å². The van der Waals surface area contributed by atoms with Crippen LogP contribution in [-0.4, -0.2) is 24.0 Å². The minimum Gasteiger partial charge on any atom is -0.329 e. The number of likely N-dealkylation sites (tertiary alicyclic amines) is 1. The van der Waals surface area contributed by atoms with Crippen LogP contribution < -0.4 is 5.73 Å². The van der Waals surface area contributed by atoms with Crippen LogP contribution in [0.15, 0.2) is 12.1 Å². The van der Waals surface area contributed by atoms with Gasteiger partial charge in [0.15, 0.2) is 0 Å². The third-order valence-electron chi connectivity index (χ3n) is 3.32. The number of alkyl halides is 3. The van der Waals surface area contributed by atoms with Crippen molar-refractivity contribution in [3.63, 3.8) is 0 Å². The number of rotatable bonds is 3. The Morgan fingerprint density at radius 3 is 2.72 bits per heavy atom. The monoisotopic (exact) mass is 278 g/mol. The van der Waals surface area contributed by atoms with Gasteiger partial charge in [0, 0.05) is 24.0 Å². The van der Waals surface area contributed by atoms with Crippen LogP contribution in [0.2, 0.25) is 0 Å². The van der Waals surface area contributed by atoms with Crippen molar-refractivity contribution in [2.24, 2.45) is 5.73 Å². The van der Waals surface area contributed by atoms with E-state index >= 15 is 0 Å². The van der Waals surface area contributed by atoms with Crippen molar-refractivity contribution in [1.82, 2.24) is 4.90 Å². The Morgan fingerprint density at radius 2 is 2.11 bits per heavy atom. The number of halogens is 3. The van der Waals surface area contributed by atoms with Crippen molar-refractivity contribution in [2.75, 3.05) is 13.1 Å². The Bertz CT molecular complexity index is 389. The fraction of sp³-hybridized carbons (Fsp3) is 0.667. The predicted octanol–water partition coefficient (Wildman–Crippen LogP) is 3.08. The lowest BCUT2D eigenvalue weighted by Gasteiger charge is -2.34. The number of piperidine rings is 1. The van der Waals surface area contributed by atoms with Gasteiger partial charge in [0.05, 0.1) is 0 Å². The third-order valence-corrected chi connectivity index (χ3v) is 4.44. The van der Waals surface area contributed by atoms with E-state index < -0.39 is 11.1 Å². The summed E-state index contributed by atoms with van der Waals surface area (Å²) in [5, 5.41) is 0. The Hall–Kier alpha value is -0.590. The Balaban J connectivity index is 2.02. The molecule has 1 fully saturated rings. The average Bonchev–Trinajstić information content (AvgIpc) is 2.78. The lowest BCUT2D eigenvalue weighted by Crippen LogP contribution is -2.43. The number of hydrogen-bond donors (Lipinski definition) is 1. The Morgan fingerprint density at radius 1 is 1.33 bits per heavy atom. The molecule has 2 rings (SSSR count). The lowest BCUT2D eigenvalue weighted by molar-refractivity contribution is -0.134. The molecule has 0 bridgehead atoms. The zero-order valence-electron chi connectivity index (χ0n) is 10.0. The maximum atomic E-state index is 12.5. The molecule has 1 aliphatic rings. The van der Waals surface area contributed by atoms with Gasteiger partial charge >= 0.3 is 6.18 Å². The Kier molecular flexibility index (Phi) is 4.29. The molecule has 1 atom stereocenters. The van der Waals surface area contributed by atoms with E-state index in [-0.39, 0.29) is 0 Å². The minimum atomic E-state index is -4.22. The predicted molar refractivity (Wildman–Crippen MR) is 66.4 cm³/mol. The minimum absolute atomic E-state index is 0.315. The summed E-state index contributed by atoms with van der Waals surface area (Å²) in [6.45, 7) is 2.10. The molecule has 0 amide bonds. The quantitative estimate of drug-likeness (QED) is 0.920. The fourth-order valence-corrected chi connectivity index (χ4v) is 3.25. The summed E-state index contributed by atoms with van der Waals surface area (Å²) in [6.07, 6.45) is -0.906. The van der Waals surface area contributed by atoms with Gasteiger partial charge < -0.3 is 5.73 Å². The summed E-state index contributed by atoms with van der Waals surface area (Å²) in [7, 11) is 0. The topological polar surface area (TPSA) is 29.3 Å². The van der Waals surface area contributed by atoms with Crippen molar-refractivity contribution >= 4 is 11.3 Å². The van der Waals surface area contributed by atoms with Gasteiger partial charge in [-0.2, -0.15) is 13.2 Å². The molecule has 2 N–H and O–H groups in total. The molecule has 0 aromatic carbocycles. The zero-order chi connectivity index (χ0) is 13.2. The first-order valence-corrected chi connectivity index (χ1v) is 6.92. The first-order valence-electron chi connectivity index (χ1n) is 6.10. The van der Waals surface area contributed by atoms with Gasteiger partial charge in [0.1, 0.15) is 4.88 Å². The standard InChI is InChI=1S/C12H17F3N2S/c13-12(14,15)11-5-4-10(18-11)8-17-6-2-1-3-9(17)7-16/h4-5,9H,1-3,6-8,16H2. The highest BCUT2D eigenvalue weighted by Gasteiger charge is 2.32. The van der Waals surface area contributed by atoms with Crippen LogP contribution in [0.1, 0.15) is 29.0 Å². The molecule has 1 aromatic rings. The Labute approximate surface area is 109 Å². The van der Waals surface area contributed by atoms with E-state index in [1.54, 1.807) is 6.07 Å². The summed E-state index contributed by atoms with van der Waals surface area (Å²) in [5.74, 6) is 0. The highest BCUT2D eigenvalue weighted by atomic mass is 32.1. The van der Waals surface area contributed by atoms with E-state index in [0.29, 0.717) is 19.1 Å². The van der Waals surface area contributed by atoms with Gasteiger partial charge in [-0.15, -0.1) is 11.3 Å². The van der Waals surface area contributed by atoms with Crippen LogP contribution in [0.5, 0.6) is 0 Å². The summed E-state index contributed by atoms with van der Waals surface area (Å²) in [5.41, 5.74) is 5.70. The van der Waals surface area contributed by atoms with E-state index in [0.717, 1.165) is 42.0 Å². The molecule has 1 aliphatic heterocycles. The van der Waals surface area contributed by atoms with Crippen LogP contribution in [-0.2, 0) is 12.7 Å². The molecule has 1 saturated heterocycles. The van der Waals surface area contributed by atoms with Crippen LogP contribution >= 0.6 is 11.3 Å². The molecule has 1 aromatic heterocycles. The summed E-state index contributed by atoms with van der Waals surface area (Å²) >= 11 is 0.839. The molecule has 1 unspecified atom stereocenters. The fourth-order valence-electron chi connectivity index (χ4n) is 2.35. The van der Waals surface area contributed by atoms with Crippen LogP contribution in [0.3, 0.4) is 0 Å². The average molecular weight is 278 g/mol. The molecule has 0 saturated carbocycles. The van der Waals surface area contributed by atoms with Crippen molar-refractivity contribution in [3.05, 3.63) is 21.9 Å². The van der Waals surface area contributed by atoms with Gasteiger partial charge in [0.2, 0.25) is 0 Å². The molecule has 2 heterocycles. The number of nitrogens with two attached hydrogens (primary N) is 1. The molecule has 102 valence electrons. The van der Waals surface area contributed by atoms with Crippen LogP contribution in [0.25, 0.3) is 0 Å². The van der Waals surface area contributed by atoms with Gasteiger partial charge in [0.25, 0.3) is 0 Å². The number of thiophene rings is 1. The zero-order valence-corrected chi connectivity index (χ0v) is 10.9. The second kappa shape index (κ2) is 5.59. The summed E-state index contributed by atoms with van der Waals surface area (Å²) in [4.78, 5) is 2.46. The number of hydrogen-bond acceptors (Lipinski definition) is 3. The SMILES string of the molecule is NCC1CCCCN1Cc1ccc(C(F)(F)F)s1. The van der Waals surface area contributed by atoms with E-state index in [4.69, 9.17) is 5.73 Å². The van der Waals surface area contributed by atoms with Crippen molar-refractivity contribution in [2.45, 2.75) is 38.0 Å². The summed E-state index contributed by atoms with van der Waals surface area (Å²) < 4.78 is 37.5. The lowest BCUT2D eigenvalue weighted by atomic mass is 10.0. The maximum Gasteiger partial charge on any atom is 0.425 e. The van der Waals surface area contributed by atoms with E-state index in [1.165, 1.54) is 6.07 Å². The molecular weight excluding hydrogens is 261 g/mol. The van der Waals surface area contributed by atoms with Gasteiger partial charge in [-0.05, 0) is 31.5 Å². The van der Waals surface area contributed by atoms with E-state index in [9.17, 15) is 13.2 Å². The third kappa shape index (κ3) is 3.24. The van der Waals surface area contributed by atoms with Gasteiger partial charge in [-0.25, -0.2) is 0 Å². The molecule has 6 heteroatoms. The van der Waals surface area contributed by atoms with Gasteiger partial charge in [-0.1, -0.05) is 6.42 Å². The first-order chi connectivity index (χ1) is 8.50. The molecule has 0 aliphatic carbocycles. The highest BCUT2D eigenvalue weighted by molar-refractivity contribution is 7.12. The molecule has 18 heavy (non-hydrogen) atoms.